The Morgan fingerprint density at radius 3 is 1.83 bits per heavy atom. The number of ether oxygens (including phenoxy) is 1. The van der Waals surface area contributed by atoms with Crippen LogP contribution in [0, 0.1) is 0 Å². The van der Waals surface area contributed by atoms with Gasteiger partial charge in [0.25, 0.3) is 0 Å². The molecule has 29 heavy (non-hydrogen) atoms. The molecule has 0 amide bonds. The lowest BCUT2D eigenvalue weighted by Gasteiger charge is -2.20. The lowest BCUT2D eigenvalue weighted by Crippen LogP contribution is -2.19. The first-order chi connectivity index (χ1) is 14.1. The Bertz CT molecular complexity index is 916. The van der Waals surface area contributed by atoms with Crippen LogP contribution in [0.5, 0.6) is 5.75 Å². The highest BCUT2D eigenvalue weighted by Crippen LogP contribution is 2.37. The molecule has 0 aliphatic rings. The summed E-state index contributed by atoms with van der Waals surface area (Å²) in [6.45, 7) is 3.85. The molecule has 0 bridgehead atoms. The van der Waals surface area contributed by atoms with E-state index in [1.807, 2.05) is 0 Å². The highest BCUT2D eigenvalue weighted by atomic mass is 127. The number of hydrogen-bond donors (Lipinski definition) is 0. The Hall–Kier alpha value is -2.11. The predicted octanol–water partition coefficient (Wildman–Crippen LogP) is 6.41. The van der Waals surface area contributed by atoms with Crippen LogP contribution in [0.4, 0.5) is 0 Å². The van der Waals surface area contributed by atoms with Gasteiger partial charge in [-0.1, -0.05) is 95.4 Å². The van der Waals surface area contributed by atoms with Gasteiger partial charge in [0.05, 0.1) is 0 Å². The summed E-state index contributed by atoms with van der Waals surface area (Å²) in [5.41, 5.74) is 6.33. The van der Waals surface area contributed by atoms with Gasteiger partial charge >= 0.3 is 0 Å². The smallest absolute Gasteiger partial charge is 0.119 e. The van der Waals surface area contributed by atoms with Crippen LogP contribution in [0.15, 0.2) is 84.9 Å². The maximum Gasteiger partial charge on any atom is 0.119 e. The van der Waals surface area contributed by atoms with E-state index in [1.54, 1.807) is 0 Å². The molecule has 0 aliphatic heterocycles. The summed E-state index contributed by atoms with van der Waals surface area (Å²) < 4.78 is 6.25. The zero-order valence-corrected chi connectivity index (χ0v) is 19.5. The van der Waals surface area contributed by atoms with Crippen molar-refractivity contribution in [3.63, 3.8) is 0 Å². The molecule has 0 radical (unpaired) electrons. The van der Waals surface area contributed by atoms with Crippen LogP contribution in [0.25, 0.3) is 11.1 Å². The fraction of sp³-hybridized carbons (Fsp3) is 0.231. The van der Waals surface area contributed by atoms with Crippen LogP contribution < -0.4 is 4.74 Å². The van der Waals surface area contributed by atoms with E-state index in [4.69, 9.17) is 4.74 Å². The number of alkyl halides is 1. The number of benzene rings is 3. The van der Waals surface area contributed by atoms with Crippen molar-refractivity contribution in [2.75, 3.05) is 27.2 Å². The van der Waals surface area contributed by atoms with Crippen molar-refractivity contribution in [2.45, 2.75) is 10.8 Å². The monoisotopic (exact) mass is 497 g/mol. The Kier molecular flexibility index (Phi) is 7.90. The Balaban J connectivity index is 2.05. The van der Waals surface area contributed by atoms with Gasteiger partial charge in [-0.2, -0.15) is 0 Å². The summed E-state index contributed by atoms with van der Waals surface area (Å²) in [5.74, 6) is 0.909. The standard InChI is InChI=1S/C26H28INO/c1-20(27)25(21-10-6-4-7-11-21)26(22-12-8-5-9-13-22)23-14-16-24(17-15-23)29-19-18-28(2)3/h4-17,20H,18-19H2,1-3H3/b26-25+. The van der Waals surface area contributed by atoms with E-state index in [0.29, 0.717) is 10.5 Å². The Morgan fingerprint density at radius 1 is 0.793 bits per heavy atom. The molecule has 0 N–H and O–H groups in total. The van der Waals surface area contributed by atoms with E-state index in [0.717, 1.165) is 12.3 Å². The second-order valence-electron chi connectivity index (χ2n) is 7.31. The topological polar surface area (TPSA) is 12.5 Å². The molecule has 0 heterocycles. The van der Waals surface area contributed by atoms with Gasteiger partial charge in [0.2, 0.25) is 0 Å². The zero-order valence-electron chi connectivity index (χ0n) is 17.3. The first-order valence-electron chi connectivity index (χ1n) is 9.93. The van der Waals surface area contributed by atoms with Crippen molar-refractivity contribution >= 4 is 33.7 Å². The first kappa shape index (κ1) is 21.6. The lowest BCUT2D eigenvalue weighted by atomic mass is 9.88. The number of halogens is 1. The summed E-state index contributed by atoms with van der Waals surface area (Å²) in [4.78, 5) is 2.12. The van der Waals surface area contributed by atoms with E-state index >= 15 is 0 Å². The third-order valence-electron chi connectivity index (χ3n) is 4.76. The molecule has 1 unspecified atom stereocenters. The molecule has 0 aliphatic carbocycles. The molecule has 3 heteroatoms. The molecule has 0 fully saturated rings. The van der Waals surface area contributed by atoms with Crippen molar-refractivity contribution < 1.29 is 4.74 Å². The summed E-state index contributed by atoms with van der Waals surface area (Å²) in [7, 11) is 4.11. The first-order valence-corrected chi connectivity index (χ1v) is 11.2. The van der Waals surface area contributed by atoms with Gasteiger partial charge in [0.15, 0.2) is 0 Å². The molecular weight excluding hydrogens is 469 g/mol. The van der Waals surface area contributed by atoms with E-state index in [2.05, 4.69) is 133 Å². The molecular formula is C26H28INO. The minimum absolute atomic E-state index is 0.362. The number of nitrogens with zero attached hydrogens (tertiary/aromatic N) is 1. The third kappa shape index (κ3) is 5.94. The van der Waals surface area contributed by atoms with Crippen LogP contribution in [-0.2, 0) is 0 Å². The van der Waals surface area contributed by atoms with Gasteiger partial charge in [-0.15, -0.1) is 0 Å². The zero-order chi connectivity index (χ0) is 20.6. The molecule has 0 saturated heterocycles. The highest BCUT2D eigenvalue weighted by Gasteiger charge is 2.17. The minimum atomic E-state index is 0.362. The summed E-state index contributed by atoms with van der Waals surface area (Å²) >= 11 is 2.52. The Labute approximate surface area is 188 Å². The van der Waals surface area contributed by atoms with Crippen molar-refractivity contribution in [2.24, 2.45) is 0 Å². The van der Waals surface area contributed by atoms with Crippen molar-refractivity contribution in [3.05, 3.63) is 102 Å². The number of likely N-dealkylation sites (N-methyl/N-ethyl adjacent to an activating group) is 1. The number of allylic oxidation sites excluding steroid dienone is 1. The molecule has 3 aromatic rings. The maximum absolute atomic E-state index is 5.89. The second kappa shape index (κ2) is 10.6. The SMILES string of the molecule is CC(I)/C(=C(/c1ccccc1)c1ccc(OCCN(C)C)cc1)c1ccccc1. The van der Waals surface area contributed by atoms with E-state index in [-0.39, 0.29) is 0 Å². The normalized spacial score (nSPS) is 13.1. The molecule has 1 atom stereocenters. The average molecular weight is 497 g/mol. The van der Waals surface area contributed by atoms with Crippen LogP contribution >= 0.6 is 22.6 Å². The van der Waals surface area contributed by atoms with Crippen LogP contribution in [0.1, 0.15) is 23.6 Å². The average Bonchev–Trinajstić information content (AvgIpc) is 2.73. The van der Waals surface area contributed by atoms with Crippen LogP contribution in [0.3, 0.4) is 0 Å². The summed E-state index contributed by atoms with van der Waals surface area (Å²) in [5, 5.41) is 0. The predicted molar refractivity (Wildman–Crippen MR) is 133 cm³/mol. The van der Waals surface area contributed by atoms with Crippen molar-refractivity contribution in [3.8, 4) is 5.75 Å². The van der Waals surface area contributed by atoms with Gasteiger partial charge in [-0.3, -0.25) is 0 Å². The molecule has 3 aromatic carbocycles. The fourth-order valence-electron chi connectivity index (χ4n) is 3.34. The number of rotatable bonds is 8. The molecule has 150 valence electrons. The fourth-order valence-corrected chi connectivity index (χ4v) is 4.01. The molecule has 0 spiro atoms. The molecule has 0 saturated carbocycles. The van der Waals surface area contributed by atoms with E-state index < -0.39 is 0 Å². The van der Waals surface area contributed by atoms with Gasteiger partial charge in [0, 0.05) is 10.5 Å². The molecule has 2 nitrogen and oxygen atoms in total. The molecule has 0 aromatic heterocycles. The maximum atomic E-state index is 5.89. The third-order valence-corrected chi connectivity index (χ3v) is 5.39. The summed E-state index contributed by atoms with van der Waals surface area (Å²) in [6, 6.07) is 29.9. The van der Waals surface area contributed by atoms with E-state index in [9.17, 15) is 0 Å². The summed E-state index contributed by atoms with van der Waals surface area (Å²) in [6.07, 6.45) is 0. The van der Waals surface area contributed by atoms with Gasteiger partial charge in [-0.25, -0.2) is 0 Å². The quantitative estimate of drug-likeness (QED) is 0.203. The second-order valence-corrected chi connectivity index (χ2v) is 9.18. The van der Waals surface area contributed by atoms with Gasteiger partial charge in [-0.05, 0) is 61.0 Å². The Morgan fingerprint density at radius 2 is 1.31 bits per heavy atom. The van der Waals surface area contributed by atoms with Crippen molar-refractivity contribution in [1.82, 2.24) is 4.90 Å². The molecule has 3 rings (SSSR count). The minimum Gasteiger partial charge on any atom is -0.492 e. The highest BCUT2D eigenvalue weighted by molar-refractivity contribution is 14.1. The number of hydrogen-bond acceptors (Lipinski definition) is 2. The van der Waals surface area contributed by atoms with Crippen molar-refractivity contribution in [1.29, 1.82) is 0 Å². The van der Waals surface area contributed by atoms with Gasteiger partial charge < -0.3 is 9.64 Å². The van der Waals surface area contributed by atoms with E-state index in [1.165, 1.54) is 27.8 Å². The largest absolute Gasteiger partial charge is 0.492 e. The van der Waals surface area contributed by atoms with Crippen LogP contribution in [-0.4, -0.2) is 36.1 Å². The van der Waals surface area contributed by atoms with Crippen LogP contribution in [0.2, 0.25) is 0 Å². The lowest BCUT2D eigenvalue weighted by molar-refractivity contribution is 0.261. The van der Waals surface area contributed by atoms with Gasteiger partial charge in [0.1, 0.15) is 12.4 Å².